The van der Waals surface area contributed by atoms with Crippen LogP contribution in [0.3, 0.4) is 0 Å². The fourth-order valence-corrected chi connectivity index (χ4v) is 3.32. The van der Waals surface area contributed by atoms with Crippen molar-refractivity contribution < 1.29 is 8.42 Å². The molecule has 0 saturated carbocycles. The standard InChI is InChI=1S/C19H19NO2S/c1-3-15-20(16-7-10-18-8-5-4-6-9-18)23(21,22)19-13-11-17(2)12-14-19/h3-6,8-9,11-14H,1,15-16H2,2H3. The summed E-state index contributed by atoms with van der Waals surface area (Å²) in [6.07, 6.45) is 1.57. The maximum absolute atomic E-state index is 12.7. The van der Waals surface area contributed by atoms with Crippen LogP contribution in [0.5, 0.6) is 0 Å². The lowest BCUT2D eigenvalue weighted by Gasteiger charge is -2.18. The molecule has 0 atom stereocenters. The lowest BCUT2D eigenvalue weighted by Crippen LogP contribution is -2.31. The molecule has 0 aliphatic rings. The van der Waals surface area contributed by atoms with Gasteiger partial charge in [0.15, 0.2) is 0 Å². The van der Waals surface area contributed by atoms with Crippen LogP contribution in [-0.2, 0) is 10.0 Å². The second kappa shape index (κ2) is 7.77. The van der Waals surface area contributed by atoms with E-state index in [1.165, 1.54) is 4.31 Å². The number of rotatable bonds is 5. The Balaban J connectivity index is 2.22. The molecular formula is C19H19NO2S. The molecule has 0 aliphatic carbocycles. The third-order valence-electron chi connectivity index (χ3n) is 3.25. The molecule has 118 valence electrons. The molecule has 2 aromatic carbocycles. The van der Waals surface area contributed by atoms with Crippen molar-refractivity contribution in [3.05, 3.63) is 78.4 Å². The second-order valence-corrected chi connectivity index (χ2v) is 7.01. The lowest BCUT2D eigenvalue weighted by atomic mass is 10.2. The van der Waals surface area contributed by atoms with E-state index in [-0.39, 0.29) is 18.0 Å². The molecule has 0 aromatic heterocycles. The molecular weight excluding hydrogens is 306 g/mol. The number of hydrogen-bond donors (Lipinski definition) is 0. The van der Waals surface area contributed by atoms with Crippen molar-refractivity contribution in [2.24, 2.45) is 0 Å². The fourth-order valence-electron chi connectivity index (χ4n) is 2.00. The van der Waals surface area contributed by atoms with Crippen molar-refractivity contribution in [3.8, 4) is 11.8 Å². The maximum atomic E-state index is 12.7. The summed E-state index contributed by atoms with van der Waals surface area (Å²) in [5, 5.41) is 0. The number of sulfonamides is 1. The molecule has 3 nitrogen and oxygen atoms in total. The van der Waals surface area contributed by atoms with Gasteiger partial charge in [-0.2, -0.15) is 4.31 Å². The van der Waals surface area contributed by atoms with Crippen LogP contribution < -0.4 is 0 Å². The zero-order valence-electron chi connectivity index (χ0n) is 13.1. The smallest absolute Gasteiger partial charge is 0.207 e. The van der Waals surface area contributed by atoms with Gasteiger partial charge >= 0.3 is 0 Å². The molecule has 0 N–H and O–H groups in total. The van der Waals surface area contributed by atoms with Gasteiger partial charge in [-0.05, 0) is 31.2 Å². The molecule has 4 heteroatoms. The van der Waals surface area contributed by atoms with Gasteiger partial charge in [0.25, 0.3) is 0 Å². The Morgan fingerprint density at radius 1 is 1.09 bits per heavy atom. The molecule has 0 fully saturated rings. The summed E-state index contributed by atoms with van der Waals surface area (Å²) < 4.78 is 26.7. The first-order chi connectivity index (χ1) is 11.0. The minimum atomic E-state index is -3.57. The van der Waals surface area contributed by atoms with Crippen LogP contribution in [0.2, 0.25) is 0 Å². The molecule has 0 saturated heterocycles. The van der Waals surface area contributed by atoms with E-state index < -0.39 is 10.0 Å². The van der Waals surface area contributed by atoms with Crippen LogP contribution in [0.25, 0.3) is 0 Å². The molecule has 0 aliphatic heterocycles. The molecule has 0 amide bonds. The Hall–Kier alpha value is -2.35. The molecule has 0 spiro atoms. The number of nitrogens with zero attached hydrogens (tertiary/aromatic N) is 1. The third-order valence-corrected chi connectivity index (χ3v) is 5.08. The van der Waals surface area contributed by atoms with Crippen molar-refractivity contribution in [3.63, 3.8) is 0 Å². The van der Waals surface area contributed by atoms with E-state index >= 15 is 0 Å². The van der Waals surface area contributed by atoms with Gasteiger partial charge in [-0.3, -0.25) is 0 Å². The Labute approximate surface area is 138 Å². The summed E-state index contributed by atoms with van der Waals surface area (Å²) in [5.41, 5.74) is 1.88. The molecule has 0 radical (unpaired) electrons. The third kappa shape index (κ3) is 4.56. The second-order valence-electron chi connectivity index (χ2n) is 5.07. The molecule has 0 heterocycles. The van der Waals surface area contributed by atoms with Gasteiger partial charge < -0.3 is 0 Å². The van der Waals surface area contributed by atoms with Gasteiger partial charge in [0.2, 0.25) is 10.0 Å². The first kappa shape index (κ1) is 17.0. The highest BCUT2D eigenvalue weighted by molar-refractivity contribution is 7.89. The van der Waals surface area contributed by atoms with E-state index in [0.29, 0.717) is 0 Å². The van der Waals surface area contributed by atoms with E-state index in [4.69, 9.17) is 0 Å². The highest BCUT2D eigenvalue weighted by Gasteiger charge is 2.22. The van der Waals surface area contributed by atoms with Crippen LogP contribution in [0.1, 0.15) is 11.1 Å². The van der Waals surface area contributed by atoms with Gasteiger partial charge in [-0.15, -0.1) is 6.58 Å². The van der Waals surface area contributed by atoms with Gasteiger partial charge in [0, 0.05) is 12.1 Å². The summed E-state index contributed by atoms with van der Waals surface area (Å²) in [4.78, 5) is 0.270. The van der Waals surface area contributed by atoms with Crippen molar-refractivity contribution in [1.29, 1.82) is 0 Å². The number of aryl methyl sites for hydroxylation is 1. The Kier molecular flexibility index (Phi) is 5.75. The van der Waals surface area contributed by atoms with Gasteiger partial charge in [-0.1, -0.05) is 53.8 Å². The van der Waals surface area contributed by atoms with Crippen molar-refractivity contribution >= 4 is 10.0 Å². The Bertz CT molecular complexity index is 813. The van der Waals surface area contributed by atoms with Gasteiger partial charge in [-0.25, -0.2) is 8.42 Å². The van der Waals surface area contributed by atoms with Crippen molar-refractivity contribution in [1.82, 2.24) is 4.31 Å². The lowest BCUT2D eigenvalue weighted by molar-refractivity contribution is 0.478. The number of hydrogen-bond acceptors (Lipinski definition) is 2. The quantitative estimate of drug-likeness (QED) is 0.625. The first-order valence-corrected chi connectivity index (χ1v) is 8.69. The van der Waals surface area contributed by atoms with E-state index in [9.17, 15) is 8.42 Å². The van der Waals surface area contributed by atoms with Crippen LogP contribution in [-0.4, -0.2) is 25.8 Å². The molecule has 0 bridgehead atoms. The largest absolute Gasteiger partial charge is 0.244 e. The predicted molar refractivity (Wildman–Crippen MR) is 93.5 cm³/mol. The average Bonchev–Trinajstić information content (AvgIpc) is 2.55. The molecule has 23 heavy (non-hydrogen) atoms. The van der Waals surface area contributed by atoms with Crippen molar-refractivity contribution in [2.45, 2.75) is 11.8 Å². The molecule has 2 rings (SSSR count). The Morgan fingerprint density at radius 3 is 2.35 bits per heavy atom. The highest BCUT2D eigenvalue weighted by Crippen LogP contribution is 2.16. The molecule has 2 aromatic rings. The van der Waals surface area contributed by atoms with E-state index in [2.05, 4.69) is 18.4 Å². The zero-order valence-corrected chi connectivity index (χ0v) is 13.9. The topological polar surface area (TPSA) is 37.4 Å². The number of benzene rings is 2. The minimum absolute atomic E-state index is 0.122. The highest BCUT2D eigenvalue weighted by atomic mass is 32.2. The first-order valence-electron chi connectivity index (χ1n) is 7.25. The average molecular weight is 325 g/mol. The normalized spacial score (nSPS) is 10.9. The van der Waals surface area contributed by atoms with Crippen LogP contribution in [0.15, 0.2) is 72.1 Å². The van der Waals surface area contributed by atoms with Gasteiger partial charge in [0.1, 0.15) is 0 Å². The van der Waals surface area contributed by atoms with Gasteiger partial charge in [0.05, 0.1) is 11.4 Å². The predicted octanol–water partition coefficient (Wildman–Crippen LogP) is 3.22. The maximum Gasteiger partial charge on any atom is 0.244 e. The molecule has 0 unspecified atom stereocenters. The van der Waals surface area contributed by atoms with Crippen LogP contribution in [0, 0.1) is 18.8 Å². The Morgan fingerprint density at radius 2 is 1.74 bits per heavy atom. The van der Waals surface area contributed by atoms with Crippen LogP contribution in [0.4, 0.5) is 0 Å². The van der Waals surface area contributed by atoms with E-state index in [0.717, 1.165) is 11.1 Å². The van der Waals surface area contributed by atoms with E-state index in [1.54, 1.807) is 30.3 Å². The van der Waals surface area contributed by atoms with E-state index in [1.807, 2.05) is 37.3 Å². The summed E-state index contributed by atoms with van der Waals surface area (Å²) in [6.45, 7) is 5.90. The summed E-state index contributed by atoms with van der Waals surface area (Å²) >= 11 is 0. The van der Waals surface area contributed by atoms with Crippen LogP contribution >= 0.6 is 0 Å². The zero-order chi connectivity index (χ0) is 16.7. The van der Waals surface area contributed by atoms with Crippen molar-refractivity contribution in [2.75, 3.05) is 13.1 Å². The summed E-state index contributed by atoms with van der Waals surface area (Å²) in [7, 11) is -3.57. The fraction of sp³-hybridized carbons (Fsp3) is 0.158. The summed E-state index contributed by atoms with van der Waals surface area (Å²) in [5.74, 6) is 5.90. The minimum Gasteiger partial charge on any atom is -0.207 e. The SMILES string of the molecule is C=CCN(CC#Cc1ccccc1)S(=O)(=O)c1ccc(C)cc1. The monoisotopic (exact) mass is 325 g/mol. The summed E-state index contributed by atoms with van der Waals surface area (Å²) in [6, 6.07) is 16.3.